The van der Waals surface area contributed by atoms with Crippen LogP contribution in [0.4, 0.5) is 17.1 Å². The van der Waals surface area contributed by atoms with Crippen LogP contribution in [0.3, 0.4) is 0 Å². The molecule has 49 heavy (non-hydrogen) atoms. The lowest BCUT2D eigenvalue weighted by Gasteiger charge is -2.26. The minimum Gasteiger partial charge on any atom is -0.456 e. The van der Waals surface area contributed by atoms with E-state index in [0.29, 0.717) is 16.2 Å². The highest BCUT2D eigenvalue weighted by atomic mass is 32.1. The second-order valence-corrected chi connectivity index (χ2v) is 11.6. The molecule has 2 nitrogen and oxygen atoms in total. The Balaban J connectivity index is 1.44. The first-order chi connectivity index (χ1) is 34.7. The summed E-state index contributed by atoms with van der Waals surface area (Å²) in [5.74, 6) is 0. The van der Waals surface area contributed by atoms with E-state index >= 15 is 0 Å². The average Bonchev–Trinajstić information content (AvgIpc) is 3.94. The maximum Gasteiger partial charge on any atom is 0.136 e. The zero-order chi connectivity index (χ0) is 54.1. The lowest BCUT2D eigenvalue weighted by Crippen LogP contribution is -2.10. The second kappa shape index (κ2) is 11.2. The van der Waals surface area contributed by atoms with Gasteiger partial charge in [0, 0.05) is 37.6 Å². The van der Waals surface area contributed by atoms with Gasteiger partial charge in [-0.05, 0) is 81.4 Å². The van der Waals surface area contributed by atoms with Crippen LogP contribution in [0, 0.1) is 0 Å². The van der Waals surface area contributed by atoms with Gasteiger partial charge in [0.1, 0.15) is 11.2 Å². The van der Waals surface area contributed by atoms with Crippen LogP contribution in [-0.4, -0.2) is 0 Å². The van der Waals surface area contributed by atoms with Crippen LogP contribution in [0.2, 0.25) is 0 Å². The van der Waals surface area contributed by atoms with E-state index in [9.17, 15) is 13.7 Å². The molecular formula is C46H29NOS. The topological polar surface area (TPSA) is 16.4 Å². The Morgan fingerprint density at radius 1 is 0.490 bits per heavy atom. The van der Waals surface area contributed by atoms with Crippen molar-refractivity contribution in [3.8, 4) is 22.3 Å². The Bertz CT molecular complexity index is 4250. The fourth-order valence-corrected chi connectivity index (χ4v) is 6.79. The molecule has 10 aromatic rings. The van der Waals surface area contributed by atoms with Gasteiger partial charge in [0.05, 0.1) is 44.7 Å². The van der Waals surface area contributed by atoms with E-state index in [-0.39, 0.29) is 41.9 Å². The van der Waals surface area contributed by atoms with Crippen LogP contribution in [0.25, 0.3) is 75.1 Å². The highest BCUT2D eigenvalue weighted by Gasteiger charge is 2.21. The Kier molecular flexibility index (Phi) is 2.91. The number of benzene rings is 8. The normalized spacial score (nSPS) is 18.8. The van der Waals surface area contributed by atoms with E-state index in [0.717, 1.165) is 24.3 Å². The average molecular weight is 669 g/mol. The Morgan fingerprint density at radius 3 is 2.20 bits per heavy atom. The number of hydrogen-bond donors (Lipinski definition) is 0. The summed E-state index contributed by atoms with van der Waals surface area (Å²) >= 11 is 0.667. The second-order valence-electron chi connectivity index (χ2n) is 10.6. The molecule has 0 amide bonds. The van der Waals surface area contributed by atoms with Crippen molar-refractivity contribution in [2.75, 3.05) is 4.90 Å². The largest absolute Gasteiger partial charge is 0.456 e. The number of nitrogens with zero attached hydrogens (tertiary/aromatic N) is 1. The highest BCUT2D eigenvalue weighted by molar-refractivity contribution is 7.26. The summed E-state index contributed by atoms with van der Waals surface area (Å²) in [4.78, 5) is 0.713. The standard InChI is InChI=1S/C46H29NOS/c1-3-12-30(13-4-1)31-22-24-33(25-23-31)47(41-20-11-19-38-36-17-9-10-21-44(36)49-46(38)41)34-26-27-42-40(28-34)45-37-18-8-7-16-35(37)39(29-43(45)48-42)32-14-5-2-6-15-32/h1-29H/i1D,2D,3D,4D,5D,7D,8D,9D,10D,11D,12D,14D,15D,18D,19D,20D,21D,22D,23D,24D,25D,26D,27D,28D,29D. The number of anilines is 3. The van der Waals surface area contributed by atoms with Gasteiger partial charge in [-0.1, -0.05) is 127 Å². The Hall–Kier alpha value is -6.16. The van der Waals surface area contributed by atoms with Gasteiger partial charge in [-0.2, -0.15) is 0 Å². The van der Waals surface area contributed by atoms with Crippen LogP contribution in [0.15, 0.2) is 180 Å². The van der Waals surface area contributed by atoms with E-state index in [2.05, 4.69) is 0 Å². The summed E-state index contributed by atoms with van der Waals surface area (Å²) in [6, 6.07) is -14.2. The summed E-state index contributed by atoms with van der Waals surface area (Å²) in [6.07, 6.45) is 0. The molecule has 10 rings (SSSR count). The van der Waals surface area contributed by atoms with E-state index in [1.807, 2.05) is 0 Å². The van der Waals surface area contributed by atoms with Gasteiger partial charge in [0.2, 0.25) is 0 Å². The van der Waals surface area contributed by atoms with Gasteiger partial charge < -0.3 is 9.32 Å². The van der Waals surface area contributed by atoms with Crippen LogP contribution in [0.5, 0.6) is 0 Å². The number of rotatable bonds is 5. The molecule has 0 spiro atoms. The lowest BCUT2D eigenvalue weighted by molar-refractivity contribution is 0.669. The van der Waals surface area contributed by atoms with Crippen molar-refractivity contribution in [3.63, 3.8) is 0 Å². The minimum absolute atomic E-state index is 0.00627. The van der Waals surface area contributed by atoms with Crippen molar-refractivity contribution in [1.82, 2.24) is 0 Å². The third-order valence-electron chi connectivity index (χ3n) is 7.84. The number of hydrogen-bond acceptors (Lipinski definition) is 3. The predicted molar refractivity (Wildman–Crippen MR) is 210 cm³/mol. The molecule has 0 aliphatic carbocycles. The quantitative estimate of drug-likeness (QED) is 0.181. The maximum atomic E-state index is 10.1. The molecule has 0 unspecified atom stereocenters. The molecule has 230 valence electrons. The van der Waals surface area contributed by atoms with Gasteiger partial charge in [0.15, 0.2) is 0 Å². The maximum absolute atomic E-state index is 10.1. The van der Waals surface area contributed by atoms with Crippen LogP contribution >= 0.6 is 11.3 Å². The molecule has 2 heterocycles. The third-order valence-corrected chi connectivity index (χ3v) is 8.97. The first kappa shape index (κ1) is 12.7. The van der Waals surface area contributed by atoms with E-state index in [1.165, 1.54) is 0 Å². The molecule has 0 radical (unpaired) electrons. The molecule has 2 aromatic heterocycles. The van der Waals surface area contributed by atoms with E-state index in [4.69, 9.17) is 25.0 Å². The van der Waals surface area contributed by atoms with Gasteiger partial charge in [-0.15, -0.1) is 11.3 Å². The summed E-state index contributed by atoms with van der Waals surface area (Å²) in [7, 11) is 0. The molecule has 0 N–H and O–H groups in total. The molecule has 0 atom stereocenters. The summed E-state index contributed by atoms with van der Waals surface area (Å²) in [6.45, 7) is 0. The van der Waals surface area contributed by atoms with Crippen molar-refractivity contribution in [2.24, 2.45) is 0 Å². The van der Waals surface area contributed by atoms with Crippen molar-refractivity contribution in [1.29, 1.82) is 0 Å². The Morgan fingerprint density at radius 2 is 1.27 bits per heavy atom. The summed E-state index contributed by atoms with van der Waals surface area (Å²) < 4.78 is 230. The van der Waals surface area contributed by atoms with E-state index in [1.54, 1.807) is 0 Å². The number of thiophene rings is 1. The van der Waals surface area contributed by atoms with Gasteiger partial charge in [-0.25, -0.2) is 0 Å². The lowest BCUT2D eigenvalue weighted by atomic mass is 9.95. The van der Waals surface area contributed by atoms with Crippen molar-refractivity contribution >= 4 is 81.3 Å². The van der Waals surface area contributed by atoms with Crippen LogP contribution < -0.4 is 4.90 Å². The molecule has 0 aliphatic rings. The molecule has 0 fully saturated rings. The van der Waals surface area contributed by atoms with Crippen LogP contribution in [-0.2, 0) is 0 Å². The molecule has 0 bridgehead atoms. The van der Waals surface area contributed by atoms with E-state index < -0.39 is 201 Å². The van der Waals surface area contributed by atoms with Crippen molar-refractivity contribution < 1.29 is 38.7 Å². The van der Waals surface area contributed by atoms with Crippen LogP contribution in [0.1, 0.15) is 34.3 Å². The van der Waals surface area contributed by atoms with Crippen molar-refractivity contribution in [2.45, 2.75) is 0 Å². The SMILES string of the molecule is [2H]c1cc(-c2c([2H])c([2H])c(N(c3c([2H])c([2H])c4oc5c([2H])c(-c6c([2H])cc([2H])c([2H])c6[2H])c6cc([2H])c([2H])c([2H])c6c5c4c3[2H])c3c([2H])c([2H])c([2H])c4c3sc3c([2H])c([2H])c([2H])cc34)c([2H])c2[2H])c([2H])c([2H])c1[2H]. The number of fused-ring (bicyclic) bond motifs is 8. The molecular weight excluding hydrogens is 615 g/mol. The first-order valence-corrected chi connectivity index (χ1v) is 15.4. The fourth-order valence-electron chi connectivity index (χ4n) is 5.71. The fraction of sp³-hybridized carbons (Fsp3) is 0. The molecule has 8 aromatic carbocycles. The minimum atomic E-state index is -1.02. The summed E-state index contributed by atoms with van der Waals surface area (Å²) in [5.41, 5.74) is -5.27. The summed E-state index contributed by atoms with van der Waals surface area (Å²) in [5, 5.41) is -1.62. The highest BCUT2D eigenvalue weighted by Crippen LogP contribution is 2.47. The predicted octanol–water partition coefficient (Wildman–Crippen LogP) is 13.9. The molecule has 0 aliphatic heterocycles. The van der Waals surface area contributed by atoms with Gasteiger partial charge in [0.25, 0.3) is 0 Å². The number of furan rings is 1. The van der Waals surface area contributed by atoms with Gasteiger partial charge >= 0.3 is 0 Å². The monoisotopic (exact) mass is 668 g/mol. The Labute approximate surface area is 322 Å². The van der Waals surface area contributed by atoms with Gasteiger partial charge in [-0.3, -0.25) is 0 Å². The zero-order valence-corrected chi connectivity index (χ0v) is 25.4. The van der Waals surface area contributed by atoms with Crippen molar-refractivity contribution in [3.05, 3.63) is 175 Å². The smallest absolute Gasteiger partial charge is 0.136 e. The molecule has 0 saturated carbocycles. The molecule has 3 heteroatoms. The molecule has 0 saturated heterocycles. The zero-order valence-electron chi connectivity index (χ0n) is 49.6. The third kappa shape index (κ3) is 4.55. The first-order valence-electron chi connectivity index (χ1n) is 27.0.